The number of aliphatic hydroxyl groups is 1. The molecule has 0 aromatic rings. The van der Waals surface area contributed by atoms with Gasteiger partial charge in [0.1, 0.15) is 0 Å². The van der Waals surface area contributed by atoms with Crippen LogP contribution in [0.2, 0.25) is 0 Å². The molecule has 0 spiro atoms. The van der Waals surface area contributed by atoms with Gasteiger partial charge in [-0.25, -0.2) is 0 Å². The van der Waals surface area contributed by atoms with Gasteiger partial charge in [0.15, 0.2) is 5.60 Å². The van der Waals surface area contributed by atoms with E-state index in [1.54, 1.807) is 6.92 Å². The Bertz CT molecular complexity index is 144. The molecule has 1 N–H and O–H groups in total. The Morgan fingerprint density at radius 1 is 1.00 bits per heavy atom. The number of rotatable bonds is 5. The van der Waals surface area contributed by atoms with Crippen molar-refractivity contribution < 1.29 is 18.3 Å². The first-order valence-corrected chi connectivity index (χ1v) is 4.66. The lowest BCUT2D eigenvalue weighted by Gasteiger charge is -2.30. The van der Waals surface area contributed by atoms with Crippen LogP contribution in [0.1, 0.15) is 46.0 Å². The zero-order valence-electron chi connectivity index (χ0n) is 8.12. The van der Waals surface area contributed by atoms with Crippen LogP contribution in [-0.4, -0.2) is 16.9 Å². The lowest BCUT2D eigenvalue weighted by molar-refractivity contribution is -0.265. The minimum absolute atomic E-state index is 0.180. The zero-order chi connectivity index (χ0) is 10.5. The Morgan fingerprint density at radius 3 is 1.85 bits per heavy atom. The third-order valence-electron chi connectivity index (χ3n) is 2.14. The van der Waals surface area contributed by atoms with Crippen molar-refractivity contribution in [3.8, 4) is 0 Å². The van der Waals surface area contributed by atoms with Crippen LogP contribution in [0.15, 0.2) is 0 Å². The number of hydrogen-bond donors (Lipinski definition) is 1. The first-order valence-electron chi connectivity index (χ1n) is 4.66. The van der Waals surface area contributed by atoms with Crippen molar-refractivity contribution in [3.63, 3.8) is 0 Å². The minimum atomic E-state index is -4.49. The van der Waals surface area contributed by atoms with Crippen LogP contribution in [0.3, 0.4) is 0 Å². The molecule has 80 valence electrons. The number of halogens is 3. The fourth-order valence-corrected chi connectivity index (χ4v) is 1.29. The van der Waals surface area contributed by atoms with Crippen LogP contribution in [0.25, 0.3) is 0 Å². The number of hydrogen-bond acceptors (Lipinski definition) is 1. The fraction of sp³-hybridized carbons (Fsp3) is 1.00. The molecule has 1 atom stereocenters. The van der Waals surface area contributed by atoms with E-state index in [1.165, 1.54) is 0 Å². The number of unbranched alkanes of at least 4 members (excludes halogenated alkanes) is 1. The minimum Gasteiger partial charge on any atom is -0.380 e. The Hall–Kier alpha value is -0.250. The van der Waals surface area contributed by atoms with Gasteiger partial charge in [0.25, 0.3) is 0 Å². The Labute approximate surface area is 76.9 Å². The van der Waals surface area contributed by atoms with Gasteiger partial charge in [-0.1, -0.05) is 33.1 Å². The highest BCUT2D eigenvalue weighted by Gasteiger charge is 2.51. The molecular formula is C9H17F3O. The third-order valence-corrected chi connectivity index (χ3v) is 2.14. The summed E-state index contributed by atoms with van der Waals surface area (Å²) in [6.45, 7) is 3.45. The van der Waals surface area contributed by atoms with E-state index in [0.717, 1.165) is 0 Å². The SMILES string of the molecule is CCCCC(O)(CCC)C(F)(F)F. The topological polar surface area (TPSA) is 20.2 Å². The molecule has 0 bridgehead atoms. The van der Waals surface area contributed by atoms with Gasteiger partial charge >= 0.3 is 6.18 Å². The maximum atomic E-state index is 12.4. The van der Waals surface area contributed by atoms with Crippen molar-refractivity contribution in [2.24, 2.45) is 0 Å². The monoisotopic (exact) mass is 198 g/mol. The first-order chi connectivity index (χ1) is 5.87. The highest BCUT2D eigenvalue weighted by molar-refractivity contribution is 4.85. The second-order valence-electron chi connectivity index (χ2n) is 3.38. The molecule has 0 fully saturated rings. The Morgan fingerprint density at radius 2 is 1.54 bits per heavy atom. The number of alkyl halides is 3. The average Bonchev–Trinajstić information content (AvgIpc) is 1.99. The first kappa shape index (κ1) is 12.8. The van der Waals surface area contributed by atoms with Gasteiger partial charge in [0.2, 0.25) is 0 Å². The molecule has 0 aromatic heterocycles. The van der Waals surface area contributed by atoms with E-state index in [-0.39, 0.29) is 12.8 Å². The van der Waals surface area contributed by atoms with Crippen LogP contribution < -0.4 is 0 Å². The summed E-state index contributed by atoms with van der Waals surface area (Å²) < 4.78 is 37.1. The molecule has 0 rings (SSSR count). The molecule has 0 amide bonds. The predicted octanol–water partition coefficient (Wildman–Crippen LogP) is 3.27. The van der Waals surface area contributed by atoms with Crippen molar-refractivity contribution in [2.75, 3.05) is 0 Å². The summed E-state index contributed by atoms with van der Waals surface area (Å²) in [6, 6.07) is 0. The summed E-state index contributed by atoms with van der Waals surface area (Å²) in [5, 5.41) is 9.35. The largest absolute Gasteiger partial charge is 0.417 e. The summed E-state index contributed by atoms with van der Waals surface area (Å²) in [7, 11) is 0. The van der Waals surface area contributed by atoms with Crippen molar-refractivity contribution >= 4 is 0 Å². The van der Waals surface area contributed by atoms with Crippen LogP contribution >= 0.6 is 0 Å². The van der Waals surface area contributed by atoms with Gasteiger partial charge in [-0.15, -0.1) is 0 Å². The van der Waals surface area contributed by atoms with Crippen molar-refractivity contribution in [1.82, 2.24) is 0 Å². The molecule has 0 aliphatic carbocycles. The maximum absolute atomic E-state index is 12.4. The molecule has 4 heteroatoms. The second-order valence-corrected chi connectivity index (χ2v) is 3.38. The van der Waals surface area contributed by atoms with E-state index in [1.807, 2.05) is 6.92 Å². The van der Waals surface area contributed by atoms with Gasteiger partial charge in [-0.05, 0) is 12.8 Å². The highest BCUT2D eigenvalue weighted by atomic mass is 19.4. The van der Waals surface area contributed by atoms with E-state index in [2.05, 4.69) is 0 Å². The molecule has 0 aliphatic rings. The van der Waals surface area contributed by atoms with Crippen LogP contribution in [0.5, 0.6) is 0 Å². The molecule has 0 saturated carbocycles. The van der Waals surface area contributed by atoms with Crippen LogP contribution in [-0.2, 0) is 0 Å². The van der Waals surface area contributed by atoms with E-state index < -0.39 is 11.8 Å². The molecule has 0 aromatic carbocycles. The van der Waals surface area contributed by atoms with Gasteiger partial charge in [-0.2, -0.15) is 13.2 Å². The maximum Gasteiger partial charge on any atom is 0.417 e. The van der Waals surface area contributed by atoms with Gasteiger partial charge < -0.3 is 5.11 Å². The summed E-state index contributed by atoms with van der Waals surface area (Å²) >= 11 is 0. The van der Waals surface area contributed by atoms with Crippen LogP contribution in [0.4, 0.5) is 13.2 Å². The van der Waals surface area contributed by atoms with Crippen molar-refractivity contribution in [1.29, 1.82) is 0 Å². The Kier molecular flexibility index (Phi) is 4.75. The molecule has 0 heterocycles. The lowest BCUT2D eigenvalue weighted by atomic mass is 9.91. The summed E-state index contributed by atoms with van der Waals surface area (Å²) in [4.78, 5) is 0. The van der Waals surface area contributed by atoms with Crippen molar-refractivity contribution in [3.05, 3.63) is 0 Å². The molecule has 1 unspecified atom stereocenters. The van der Waals surface area contributed by atoms with E-state index in [9.17, 15) is 18.3 Å². The quantitative estimate of drug-likeness (QED) is 0.718. The molecular weight excluding hydrogens is 181 g/mol. The smallest absolute Gasteiger partial charge is 0.380 e. The molecule has 13 heavy (non-hydrogen) atoms. The van der Waals surface area contributed by atoms with Gasteiger partial charge in [0, 0.05) is 0 Å². The van der Waals surface area contributed by atoms with E-state index >= 15 is 0 Å². The zero-order valence-corrected chi connectivity index (χ0v) is 8.12. The Balaban J connectivity index is 4.34. The summed E-state index contributed by atoms with van der Waals surface area (Å²) in [5.41, 5.74) is -2.46. The van der Waals surface area contributed by atoms with Gasteiger partial charge in [0.05, 0.1) is 0 Å². The molecule has 0 aliphatic heterocycles. The molecule has 0 saturated heterocycles. The van der Waals surface area contributed by atoms with Gasteiger partial charge in [-0.3, -0.25) is 0 Å². The summed E-state index contributed by atoms with van der Waals surface area (Å²) in [5.74, 6) is 0. The average molecular weight is 198 g/mol. The fourth-order valence-electron chi connectivity index (χ4n) is 1.29. The van der Waals surface area contributed by atoms with Crippen molar-refractivity contribution in [2.45, 2.75) is 57.7 Å². The van der Waals surface area contributed by atoms with E-state index in [0.29, 0.717) is 19.3 Å². The summed E-state index contributed by atoms with van der Waals surface area (Å²) in [6.07, 6.45) is -3.44. The highest BCUT2D eigenvalue weighted by Crippen LogP contribution is 2.37. The third kappa shape index (κ3) is 3.55. The van der Waals surface area contributed by atoms with Crippen LogP contribution in [0, 0.1) is 0 Å². The molecule has 0 radical (unpaired) electrons. The standard InChI is InChI=1S/C9H17F3O/c1-3-5-7-8(13,6-4-2)9(10,11)12/h13H,3-7H2,1-2H3. The van der Waals surface area contributed by atoms with E-state index in [4.69, 9.17) is 0 Å². The second kappa shape index (κ2) is 4.84. The lowest BCUT2D eigenvalue weighted by Crippen LogP contribution is -2.44. The predicted molar refractivity (Wildman–Crippen MR) is 45.4 cm³/mol. The molecule has 1 nitrogen and oxygen atoms in total. The normalized spacial score (nSPS) is 17.1.